The molecule has 0 spiro atoms. The molecule has 0 bridgehead atoms. The number of hydrogen-bond donors (Lipinski definition) is 1. The summed E-state index contributed by atoms with van der Waals surface area (Å²) in [5, 5.41) is 8.42. The molecule has 0 aliphatic carbocycles. The zero-order valence-corrected chi connectivity index (χ0v) is 7.71. The van der Waals surface area contributed by atoms with Crippen molar-refractivity contribution >= 4 is 0 Å². The predicted molar refractivity (Wildman–Crippen MR) is 75.1 cm³/mol. The lowest BCUT2D eigenvalue weighted by Crippen LogP contribution is -2.07. The molecule has 0 aromatic carbocycles. The van der Waals surface area contributed by atoms with Crippen molar-refractivity contribution < 1.29 is 14.6 Å². The number of aliphatic hydroxyl groups excluding tert-OH is 1. The quantitative estimate of drug-likeness (QED) is 0.519. The molecular weight excluding hydrogens is 204 g/mol. The van der Waals surface area contributed by atoms with E-state index in [9.17, 15) is 0 Å². The van der Waals surface area contributed by atoms with Crippen molar-refractivity contribution in [3.63, 3.8) is 0 Å². The average molecular weight is 238 g/mol. The summed E-state index contributed by atoms with van der Waals surface area (Å²) >= 11 is 0. The molecule has 0 saturated carbocycles. The van der Waals surface area contributed by atoms with E-state index in [0.29, 0.717) is 32.8 Å². The summed E-state index contributed by atoms with van der Waals surface area (Å²) in [5.74, 6) is 0. The lowest BCUT2D eigenvalue weighted by atomic mass is 10.4. The third-order valence-electron chi connectivity index (χ3n) is 1.17. The van der Waals surface area contributed by atoms with E-state index < -0.39 is 0 Å². The Morgan fingerprint density at radius 2 is 1.50 bits per heavy atom. The second-order valence-electron chi connectivity index (χ2n) is 2.70. The maximum Gasteiger partial charge on any atom is 0.0704 e. The Bertz CT molecular complexity index is 114. The molecule has 0 radical (unpaired) electrons. The van der Waals surface area contributed by atoms with Gasteiger partial charge in [0.1, 0.15) is 0 Å². The van der Waals surface area contributed by atoms with Gasteiger partial charge in [0, 0.05) is 13.2 Å². The largest absolute Gasteiger partial charge is 0.396 e. The summed E-state index contributed by atoms with van der Waals surface area (Å²) in [6, 6.07) is 0. The van der Waals surface area contributed by atoms with Gasteiger partial charge in [0.2, 0.25) is 0 Å². The highest BCUT2D eigenvalue weighted by Gasteiger charge is 1.89. The summed E-state index contributed by atoms with van der Waals surface area (Å²) < 4.78 is 10.3. The van der Waals surface area contributed by atoms with Gasteiger partial charge in [0.25, 0.3) is 0 Å². The fourth-order valence-electron chi connectivity index (χ4n) is 0.633. The van der Waals surface area contributed by atoms with E-state index in [1.807, 2.05) is 6.92 Å². The molecule has 0 unspecified atom stereocenters. The van der Waals surface area contributed by atoms with Gasteiger partial charge in [-0.15, -0.1) is 0 Å². The number of ether oxygens (including phenoxy) is 2. The highest BCUT2D eigenvalue weighted by molar-refractivity contribution is 4.87. The van der Waals surface area contributed by atoms with Gasteiger partial charge in [0.05, 0.1) is 19.8 Å². The lowest BCUT2D eigenvalue weighted by Gasteiger charge is -2.04. The summed E-state index contributed by atoms with van der Waals surface area (Å²) in [6.45, 7) is 8.20. The molecule has 0 aromatic heterocycles. The molecule has 0 saturated heterocycles. The molecule has 0 aliphatic heterocycles. The average Bonchev–Trinajstić information content (AvgIpc) is 2.02. The smallest absolute Gasteiger partial charge is 0.0704 e. The Kier molecular flexibility index (Phi) is 44.5. The van der Waals surface area contributed by atoms with Crippen LogP contribution < -0.4 is 0 Å². The van der Waals surface area contributed by atoms with Gasteiger partial charge in [-0.3, -0.25) is 0 Å². The predicted octanol–water partition coefficient (Wildman–Crippen LogP) is 3.52. The normalized spacial score (nSPS) is 7.62. The van der Waals surface area contributed by atoms with E-state index in [1.165, 1.54) is 0 Å². The Labute approximate surface area is 103 Å². The van der Waals surface area contributed by atoms with Crippen molar-refractivity contribution in [2.75, 3.05) is 33.0 Å². The van der Waals surface area contributed by atoms with Crippen molar-refractivity contribution in [2.45, 2.75) is 43.1 Å². The monoisotopic (exact) mass is 238 g/mol. The van der Waals surface area contributed by atoms with Gasteiger partial charge < -0.3 is 14.6 Å². The van der Waals surface area contributed by atoms with E-state index in [-0.39, 0.29) is 36.3 Å². The van der Waals surface area contributed by atoms with Crippen LogP contribution in [-0.2, 0) is 9.47 Å². The molecule has 0 amide bonds. The van der Waals surface area contributed by atoms with Crippen LogP contribution >= 0.6 is 0 Å². The van der Waals surface area contributed by atoms with Gasteiger partial charge >= 0.3 is 0 Å². The Morgan fingerprint density at radius 3 is 1.94 bits per heavy atom. The van der Waals surface area contributed by atoms with Crippen LogP contribution in [0.3, 0.4) is 0 Å². The van der Waals surface area contributed by atoms with Crippen LogP contribution in [0.4, 0.5) is 0 Å². The topological polar surface area (TPSA) is 38.7 Å². The third kappa shape index (κ3) is 29.2. The van der Waals surface area contributed by atoms with Crippen LogP contribution in [0.5, 0.6) is 0 Å². The maximum atomic E-state index is 8.42. The lowest BCUT2D eigenvalue weighted by molar-refractivity contribution is 0.0504. The maximum absolute atomic E-state index is 8.42. The van der Waals surface area contributed by atoms with E-state index >= 15 is 0 Å². The zero-order chi connectivity index (χ0) is 9.23. The van der Waals surface area contributed by atoms with Crippen LogP contribution in [0.15, 0.2) is 12.2 Å². The van der Waals surface area contributed by atoms with Gasteiger partial charge in [-0.05, 0) is 13.3 Å². The molecule has 0 aromatic rings. The molecule has 16 heavy (non-hydrogen) atoms. The molecule has 0 heterocycles. The van der Waals surface area contributed by atoms with E-state index in [4.69, 9.17) is 14.6 Å². The van der Waals surface area contributed by atoms with E-state index in [0.717, 1.165) is 5.57 Å². The highest BCUT2D eigenvalue weighted by Crippen LogP contribution is 1.88. The number of aliphatic hydroxyl groups is 1. The Morgan fingerprint density at radius 1 is 1.00 bits per heavy atom. The Hall–Kier alpha value is -0.380. The SMILES string of the molecule is C.C.C.C.C=C(C)COCCOCCCO. The second kappa shape index (κ2) is 24.0. The molecule has 104 valence electrons. The molecule has 0 aliphatic rings. The van der Waals surface area contributed by atoms with Crippen molar-refractivity contribution in [3.05, 3.63) is 12.2 Å². The number of rotatable bonds is 8. The standard InChI is InChI=1S/C9H18O3.4CH4/c1-9(2)8-12-7-6-11-5-3-4-10;;;;/h10H,1,3-8H2,2H3;4*1H4. The van der Waals surface area contributed by atoms with E-state index in [1.54, 1.807) is 0 Å². The van der Waals surface area contributed by atoms with Crippen LogP contribution in [-0.4, -0.2) is 38.1 Å². The summed E-state index contributed by atoms with van der Waals surface area (Å²) in [6.07, 6.45) is 0.695. The first-order valence-electron chi connectivity index (χ1n) is 4.18. The minimum absolute atomic E-state index is 0. The summed E-state index contributed by atoms with van der Waals surface area (Å²) in [7, 11) is 0. The van der Waals surface area contributed by atoms with Crippen LogP contribution in [0.25, 0.3) is 0 Å². The summed E-state index contributed by atoms with van der Waals surface area (Å²) in [5.41, 5.74) is 1.02. The highest BCUT2D eigenvalue weighted by atomic mass is 16.5. The van der Waals surface area contributed by atoms with Crippen molar-refractivity contribution in [2.24, 2.45) is 0 Å². The summed E-state index contributed by atoms with van der Waals surface area (Å²) in [4.78, 5) is 0. The Balaban J connectivity index is -0.000000101. The first-order valence-corrected chi connectivity index (χ1v) is 4.18. The van der Waals surface area contributed by atoms with Crippen molar-refractivity contribution in [3.8, 4) is 0 Å². The third-order valence-corrected chi connectivity index (χ3v) is 1.17. The second-order valence-corrected chi connectivity index (χ2v) is 2.70. The first-order chi connectivity index (χ1) is 5.77. The number of hydrogen-bond acceptors (Lipinski definition) is 3. The minimum Gasteiger partial charge on any atom is -0.396 e. The van der Waals surface area contributed by atoms with Crippen molar-refractivity contribution in [1.82, 2.24) is 0 Å². The molecule has 1 N–H and O–H groups in total. The molecule has 3 nitrogen and oxygen atoms in total. The molecule has 3 heteroatoms. The fourth-order valence-corrected chi connectivity index (χ4v) is 0.633. The van der Waals surface area contributed by atoms with Crippen LogP contribution in [0, 0.1) is 0 Å². The fraction of sp³-hybridized carbons (Fsp3) is 0.846. The van der Waals surface area contributed by atoms with Gasteiger partial charge in [-0.1, -0.05) is 41.9 Å². The minimum atomic E-state index is 0. The van der Waals surface area contributed by atoms with Crippen LogP contribution in [0.2, 0.25) is 0 Å². The van der Waals surface area contributed by atoms with Gasteiger partial charge in [0.15, 0.2) is 0 Å². The molecular formula is C13H34O3. The van der Waals surface area contributed by atoms with Gasteiger partial charge in [-0.2, -0.15) is 0 Å². The van der Waals surface area contributed by atoms with Crippen LogP contribution in [0.1, 0.15) is 43.1 Å². The molecule has 0 atom stereocenters. The molecule has 0 fully saturated rings. The zero-order valence-electron chi connectivity index (χ0n) is 7.71. The van der Waals surface area contributed by atoms with Gasteiger partial charge in [-0.25, -0.2) is 0 Å². The molecule has 0 rings (SSSR count). The van der Waals surface area contributed by atoms with Crippen molar-refractivity contribution in [1.29, 1.82) is 0 Å². The van der Waals surface area contributed by atoms with E-state index in [2.05, 4.69) is 6.58 Å². The first kappa shape index (κ1) is 29.6.